The number of nitrogens with one attached hydrogen (secondary N) is 1. The highest BCUT2D eigenvalue weighted by molar-refractivity contribution is 9.10. The number of nitrogens with zero attached hydrogens (tertiary/aromatic N) is 1. The first-order chi connectivity index (χ1) is 8.22. The van der Waals surface area contributed by atoms with Crippen LogP contribution in [0.1, 0.15) is 19.3 Å². The molecule has 2 nitrogen and oxygen atoms in total. The topological polar surface area (TPSA) is 15.3 Å². The van der Waals surface area contributed by atoms with Gasteiger partial charge in [-0.15, -0.1) is 0 Å². The van der Waals surface area contributed by atoms with E-state index in [1.807, 2.05) is 6.07 Å². The Morgan fingerprint density at radius 2 is 2.12 bits per heavy atom. The normalized spacial score (nSPS) is 25.2. The summed E-state index contributed by atoms with van der Waals surface area (Å²) in [4.78, 5) is 2.52. The van der Waals surface area contributed by atoms with Gasteiger partial charge in [0.15, 0.2) is 0 Å². The van der Waals surface area contributed by atoms with E-state index in [4.69, 9.17) is 0 Å². The molecule has 2 fully saturated rings. The lowest BCUT2D eigenvalue weighted by Crippen LogP contribution is -2.27. The van der Waals surface area contributed by atoms with Crippen molar-refractivity contribution in [3.05, 3.63) is 28.5 Å². The number of likely N-dealkylation sites (tertiary alicyclic amines) is 1. The van der Waals surface area contributed by atoms with E-state index in [0.29, 0.717) is 11.7 Å². The van der Waals surface area contributed by atoms with Crippen molar-refractivity contribution in [2.24, 2.45) is 0 Å². The zero-order chi connectivity index (χ0) is 11.8. The molecular weight excluding hydrogens is 283 g/mol. The fourth-order valence-electron chi connectivity index (χ4n) is 2.50. The van der Waals surface area contributed by atoms with Crippen molar-refractivity contribution in [1.82, 2.24) is 4.90 Å². The summed E-state index contributed by atoms with van der Waals surface area (Å²) in [5.74, 6) is -0.168. The lowest BCUT2D eigenvalue weighted by molar-refractivity contribution is 0.326. The number of hydrogen-bond acceptors (Lipinski definition) is 2. The SMILES string of the molecule is Fc1ccc(Br)cc1NC1CCN(C2CC2)C1. The Morgan fingerprint density at radius 3 is 2.88 bits per heavy atom. The molecule has 3 rings (SSSR count). The van der Waals surface area contributed by atoms with Gasteiger partial charge in [0.05, 0.1) is 5.69 Å². The average Bonchev–Trinajstić information content (AvgIpc) is 3.05. The minimum atomic E-state index is -0.168. The first-order valence-corrected chi connectivity index (χ1v) is 6.97. The summed E-state index contributed by atoms with van der Waals surface area (Å²) in [6, 6.07) is 6.24. The van der Waals surface area contributed by atoms with Gasteiger partial charge in [-0.3, -0.25) is 4.90 Å². The quantitative estimate of drug-likeness (QED) is 0.922. The van der Waals surface area contributed by atoms with Crippen LogP contribution in [-0.2, 0) is 0 Å². The molecule has 0 bridgehead atoms. The average molecular weight is 299 g/mol. The van der Waals surface area contributed by atoms with Gasteiger partial charge in [0, 0.05) is 29.6 Å². The molecule has 0 aromatic heterocycles. The highest BCUT2D eigenvalue weighted by atomic mass is 79.9. The third kappa shape index (κ3) is 2.63. The van der Waals surface area contributed by atoms with Crippen molar-refractivity contribution in [2.75, 3.05) is 18.4 Å². The maximum atomic E-state index is 13.6. The van der Waals surface area contributed by atoms with E-state index in [0.717, 1.165) is 30.0 Å². The van der Waals surface area contributed by atoms with E-state index in [1.165, 1.54) is 18.9 Å². The third-order valence-corrected chi connectivity index (χ3v) is 4.06. The van der Waals surface area contributed by atoms with Gasteiger partial charge in [0.25, 0.3) is 0 Å². The van der Waals surface area contributed by atoms with Crippen molar-refractivity contribution in [3.63, 3.8) is 0 Å². The maximum Gasteiger partial charge on any atom is 0.146 e. The minimum absolute atomic E-state index is 0.168. The van der Waals surface area contributed by atoms with Crippen molar-refractivity contribution >= 4 is 21.6 Å². The van der Waals surface area contributed by atoms with Crippen molar-refractivity contribution in [2.45, 2.75) is 31.3 Å². The molecule has 1 N–H and O–H groups in total. The molecule has 1 atom stereocenters. The molecule has 92 valence electrons. The van der Waals surface area contributed by atoms with Crippen molar-refractivity contribution in [1.29, 1.82) is 0 Å². The van der Waals surface area contributed by atoms with Crippen LogP contribution in [0.25, 0.3) is 0 Å². The molecule has 1 heterocycles. The molecule has 0 radical (unpaired) electrons. The van der Waals surface area contributed by atoms with Crippen LogP contribution >= 0.6 is 15.9 Å². The number of anilines is 1. The number of rotatable bonds is 3. The van der Waals surface area contributed by atoms with E-state index >= 15 is 0 Å². The van der Waals surface area contributed by atoms with Crippen molar-refractivity contribution in [3.8, 4) is 0 Å². The Kier molecular flexibility index (Phi) is 3.09. The molecule has 1 saturated carbocycles. The Morgan fingerprint density at radius 1 is 1.29 bits per heavy atom. The van der Waals surface area contributed by atoms with E-state index in [-0.39, 0.29) is 5.82 Å². The molecule has 1 aromatic rings. The monoisotopic (exact) mass is 298 g/mol. The molecule has 1 aliphatic carbocycles. The zero-order valence-corrected chi connectivity index (χ0v) is 11.2. The number of benzene rings is 1. The van der Waals surface area contributed by atoms with Gasteiger partial charge in [0.2, 0.25) is 0 Å². The Bertz CT molecular complexity index is 420. The van der Waals surface area contributed by atoms with Crippen LogP contribution in [0.2, 0.25) is 0 Å². The molecule has 17 heavy (non-hydrogen) atoms. The molecule has 1 aliphatic heterocycles. The van der Waals surface area contributed by atoms with Gasteiger partial charge in [-0.25, -0.2) is 4.39 Å². The summed E-state index contributed by atoms with van der Waals surface area (Å²) in [6.45, 7) is 2.20. The molecule has 1 unspecified atom stereocenters. The summed E-state index contributed by atoms with van der Waals surface area (Å²) in [7, 11) is 0. The predicted octanol–water partition coefficient (Wildman–Crippen LogP) is 3.24. The van der Waals surface area contributed by atoms with E-state index in [9.17, 15) is 4.39 Å². The molecule has 1 saturated heterocycles. The van der Waals surface area contributed by atoms with E-state index < -0.39 is 0 Å². The van der Waals surface area contributed by atoms with E-state index in [2.05, 4.69) is 26.1 Å². The van der Waals surface area contributed by atoms with Crippen LogP contribution in [0, 0.1) is 5.82 Å². The fraction of sp³-hybridized carbons (Fsp3) is 0.538. The Hall–Kier alpha value is -0.610. The first-order valence-electron chi connectivity index (χ1n) is 6.18. The number of halogens is 2. The van der Waals surface area contributed by atoms with Gasteiger partial charge >= 0.3 is 0 Å². The van der Waals surface area contributed by atoms with Crippen molar-refractivity contribution < 1.29 is 4.39 Å². The second-order valence-electron chi connectivity index (χ2n) is 4.98. The second kappa shape index (κ2) is 4.58. The summed E-state index contributed by atoms with van der Waals surface area (Å²) < 4.78 is 14.5. The second-order valence-corrected chi connectivity index (χ2v) is 5.90. The Labute approximate surface area is 109 Å². The van der Waals surface area contributed by atoms with Crippen LogP contribution < -0.4 is 5.32 Å². The standard InChI is InChI=1S/C13H16BrFN2/c14-9-1-4-12(15)13(7-9)16-10-5-6-17(8-10)11-2-3-11/h1,4,7,10-11,16H,2-3,5-6,8H2. The summed E-state index contributed by atoms with van der Waals surface area (Å²) >= 11 is 3.37. The van der Waals surface area contributed by atoms with E-state index in [1.54, 1.807) is 6.07 Å². The lowest BCUT2D eigenvalue weighted by Gasteiger charge is -2.17. The van der Waals surface area contributed by atoms with Gasteiger partial charge in [-0.2, -0.15) is 0 Å². The fourth-order valence-corrected chi connectivity index (χ4v) is 2.87. The minimum Gasteiger partial charge on any atom is -0.379 e. The molecule has 0 amide bonds. The molecule has 2 aliphatic rings. The van der Waals surface area contributed by atoms with Gasteiger partial charge in [-0.05, 0) is 37.5 Å². The molecule has 4 heteroatoms. The molecular formula is C13H16BrFN2. The van der Waals surface area contributed by atoms with Gasteiger partial charge in [0.1, 0.15) is 5.82 Å². The van der Waals surface area contributed by atoms with Gasteiger partial charge in [-0.1, -0.05) is 15.9 Å². The highest BCUT2D eigenvalue weighted by Crippen LogP contribution is 2.31. The summed E-state index contributed by atoms with van der Waals surface area (Å²) in [6.07, 6.45) is 3.80. The van der Waals surface area contributed by atoms with Gasteiger partial charge < -0.3 is 5.32 Å². The first kappa shape index (κ1) is 11.5. The third-order valence-electron chi connectivity index (χ3n) is 3.57. The summed E-state index contributed by atoms with van der Waals surface area (Å²) in [5, 5.41) is 3.32. The van der Waals surface area contributed by atoms with Crippen LogP contribution in [-0.4, -0.2) is 30.1 Å². The Balaban J connectivity index is 1.64. The van der Waals surface area contributed by atoms with Crippen LogP contribution in [0.4, 0.5) is 10.1 Å². The number of hydrogen-bond donors (Lipinski definition) is 1. The van der Waals surface area contributed by atoms with Crippen LogP contribution in [0.5, 0.6) is 0 Å². The summed E-state index contributed by atoms with van der Waals surface area (Å²) in [5.41, 5.74) is 0.613. The molecule has 0 spiro atoms. The predicted molar refractivity (Wildman–Crippen MR) is 70.7 cm³/mol. The lowest BCUT2D eigenvalue weighted by atomic mass is 10.2. The zero-order valence-electron chi connectivity index (χ0n) is 9.63. The smallest absolute Gasteiger partial charge is 0.146 e. The maximum absolute atomic E-state index is 13.6. The van der Waals surface area contributed by atoms with Crippen LogP contribution in [0.15, 0.2) is 22.7 Å². The molecule has 1 aromatic carbocycles. The highest BCUT2D eigenvalue weighted by Gasteiger charge is 2.34. The van der Waals surface area contributed by atoms with Crippen LogP contribution in [0.3, 0.4) is 0 Å². The largest absolute Gasteiger partial charge is 0.379 e.